The topological polar surface area (TPSA) is 83.7 Å². The zero-order valence-electron chi connectivity index (χ0n) is 10.6. The molecule has 0 aromatic heterocycles. The van der Waals surface area contributed by atoms with Crippen molar-refractivity contribution in [3.8, 4) is 0 Å². The standard InChI is InChI=1S/C12H11F3N2O4/c13-12(14,15)9-5-8(17(20)21)3-4-10(9)16(6-11(18)19)7-1-2-7/h3-5,7H,1-2,6H2,(H,18,19). The van der Waals surface area contributed by atoms with Gasteiger partial charge in [0.25, 0.3) is 5.69 Å². The van der Waals surface area contributed by atoms with Gasteiger partial charge in [-0.05, 0) is 18.9 Å². The van der Waals surface area contributed by atoms with E-state index in [-0.39, 0.29) is 11.7 Å². The van der Waals surface area contributed by atoms with E-state index >= 15 is 0 Å². The molecule has 1 saturated carbocycles. The van der Waals surface area contributed by atoms with E-state index in [1.165, 1.54) is 0 Å². The molecule has 0 heterocycles. The van der Waals surface area contributed by atoms with Gasteiger partial charge < -0.3 is 10.0 Å². The Labute approximate surface area is 116 Å². The van der Waals surface area contributed by atoms with E-state index in [2.05, 4.69) is 0 Å². The van der Waals surface area contributed by atoms with Crippen LogP contribution in [0.3, 0.4) is 0 Å². The Kier molecular flexibility index (Phi) is 3.75. The highest BCUT2D eigenvalue weighted by Crippen LogP contribution is 2.42. The maximum Gasteiger partial charge on any atom is 0.418 e. The molecule has 21 heavy (non-hydrogen) atoms. The molecule has 0 radical (unpaired) electrons. The van der Waals surface area contributed by atoms with Crippen molar-refractivity contribution in [2.75, 3.05) is 11.4 Å². The van der Waals surface area contributed by atoms with Crippen LogP contribution in [-0.4, -0.2) is 28.6 Å². The van der Waals surface area contributed by atoms with Crippen molar-refractivity contribution >= 4 is 17.3 Å². The first-order valence-corrected chi connectivity index (χ1v) is 6.04. The second-order valence-corrected chi connectivity index (χ2v) is 4.71. The number of non-ortho nitro benzene ring substituents is 1. The Bertz CT molecular complexity index is 584. The summed E-state index contributed by atoms with van der Waals surface area (Å²) in [6.07, 6.45) is -3.60. The summed E-state index contributed by atoms with van der Waals surface area (Å²) >= 11 is 0. The Hall–Kier alpha value is -2.32. The summed E-state index contributed by atoms with van der Waals surface area (Å²) in [6, 6.07) is 2.07. The second-order valence-electron chi connectivity index (χ2n) is 4.71. The highest BCUT2D eigenvalue weighted by Gasteiger charge is 2.40. The quantitative estimate of drug-likeness (QED) is 0.668. The van der Waals surface area contributed by atoms with Gasteiger partial charge in [-0.25, -0.2) is 0 Å². The summed E-state index contributed by atoms with van der Waals surface area (Å²) < 4.78 is 39.2. The maximum atomic E-state index is 13.1. The van der Waals surface area contributed by atoms with Gasteiger partial charge in [-0.1, -0.05) is 0 Å². The fraction of sp³-hybridized carbons (Fsp3) is 0.417. The molecule has 2 rings (SSSR count). The average Bonchev–Trinajstić information content (AvgIpc) is 3.18. The van der Waals surface area contributed by atoms with E-state index < -0.39 is 34.9 Å². The number of halogens is 3. The van der Waals surface area contributed by atoms with Gasteiger partial charge in [0.1, 0.15) is 6.54 Å². The second kappa shape index (κ2) is 5.23. The highest BCUT2D eigenvalue weighted by molar-refractivity contribution is 5.75. The van der Waals surface area contributed by atoms with Gasteiger partial charge in [0.05, 0.1) is 16.2 Å². The number of nitrogens with zero attached hydrogens (tertiary/aromatic N) is 2. The Morgan fingerprint density at radius 2 is 2.05 bits per heavy atom. The molecule has 0 spiro atoms. The summed E-state index contributed by atoms with van der Waals surface area (Å²) in [4.78, 5) is 21.7. The molecule has 1 aromatic rings. The van der Waals surface area contributed by atoms with Crippen LogP contribution in [0.5, 0.6) is 0 Å². The molecule has 1 aliphatic rings. The third-order valence-corrected chi connectivity index (χ3v) is 3.10. The molecule has 114 valence electrons. The summed E-state index contributed by atoms with van der Waals surface area (Å²) in [5, 5.41) is 19.4. The number of nitro groups is 1. The number of carboxylic acids is 1. The molecular weight excluding hydrogens is 293 g/mol. The summed E-state index contributed by atoms with van der Waals surface area (Å²) in [6.45, 7) is -0.578. The SMILES string of the molecule is O=C(O)CN(c1ccc([N+](=O)[O-])cc1C(F)(F)F)C1CC1. The Morgan fingerprint density at radius 1 is 1.43 bits per heavy atom. The molecule has 0 bridgehead atoms. The number of hydrogen-bond donors (Lipinski definition) is 1. The molecule has 9 heteroatoms. The van der Waals surface area contributed by atoms with E-state index in [9.17, 15) is 28.1 Å². The number of carbonyl (C=O) groups is 1. The number of rotatable bonds is 5. The minimum absolute atomic E-state index is 0.274. The maximum absolute atomic E-state index is 13.1. The third-order valence-electron chi connectivity index (χ3n) is 3.10. The van der Waals surface area contributed by atoms with Crippen LogP contribution in [0.15, 0.2) is 18.2 Å². The van der Waals surface area contributed by atoms with Gasteiger partial charge in [-0.3, -0.25) is 14.9 Å². The van der Waals surface area contributed by atoms with Gasteiger partial charge in [0.15, 0.2) is 0 Å². The number of anilines is 1. The molecule has 0 saturated heterocycles. The first-order chi connectivity index (χ1) is 9.70. The monoisotopic (exact) mass is 304 g/mol. The first-order valence-electron chi connectivity index (χ1n) is 6.04. The number of aliphatic carboxylic acids is 1. The average molecular weight is 304 g/mol. The van der Waals surface area contributed by atoms with Crippen molar-refractivity contribution in [1.82, 2.24) is 0 Å². The van der Waals surface area contributed by atoms with Crippen molar-refractivity contribution in [2.45, 2.75) is 25.1 Å². The number of benzene rings is 1. The Balaban J connectivity index is 2.50. The molecular formula is C12H11F3N2O4. The van der Waals surface area contributed by atoms with Gasteiger partial charge in [-0.15, -0.1) is 0 Å². The molecule has 0 atom stereocenters. The van der Waals surface area contributed by atoms with Crippen molar-refractivity contribution < 1.29 is 28.0 Å². The van der Waals surface area contributed by atoms with Gasteiger partial charge in [0, 0.05) is 18.2 Å². The van der Waals surface area contributed by atoms with E-state index in [0.29, 0.717) is 18.9 Å². The predicted octanol–water partition coefficient (Wildman–Crippen LogP) is 2.67. The summed E-state index contributed by atoms with van der Waals surface area (Å²) in [7, 11) is 0. The van der Waals surface area contributed by atoms with E-state index in [1.807, 2.05) is 0 Å². The van der Waals surface area contributed by atoms with Crippen molar-refractivity contribution in [2.24, 2.45) is 0 Å². The fourth-order valence-electron chi connectivity index (χ4n) is 2.06. The third kappa shape index (κ3) is 3.41. The predicted molar refractivity (Wildman–Crippen MR) is 66.1 cm³/mol. The molecule has 0 aliphatic heterocycles. The lowest BCUT2D eigenvalue weighted by Crippen LogP contribution is -2.33. The zero-order valence-corrected chi connectivity index (χ0v) is 10.6. The number of alkyl halides is 3. The zero-order chi connectivity index (χ0) is 15.8. The summed E-state index contributed by atoms with van der Waals surface area (Å²) in [5.41, 5.74) is -2.21. The lowest BCUT2D eigenvalue weighted by Gasteiger charge is -2.25. The smallest absolute Gasteiger partial charge is 0.418 e. The van der Waals surface area contributed by atoms with Crippen LogP contribution >= 0.6 is 0 Å². The molecule has 1 fully saturated rings. The van der Waals surface area contributed by atoms with Crippen LogP contribution in [-0.2, 0) is 11.0 Å². The molecule has 0 amide bonds. The number of nitro benzene ring substituents is 1. The molecule has 0 unspecified atom stereocenters. The van der Waals surface area contributed by atoms with Crippen molar-refractivity contribution in [3.05, 3.63) is 33.9 Å². The molecule has 1 aliphatic carbocycles. The fourth-order valence-corrected chi connectivity index (χ4v) is 2.06. The van der Waals surface area contributed by atoms with Gasteiger partial charge in [-0.2, -0.15) is 13.2 Å². The molecule has 1 N–H and O–H groups in total. The minimum Gasteiger partial charge on any atom is -0.480 e. The minimum atomic E-state index is -4.80. The lowest BCUT2D eigenvalue weighted by molar-refractivity contribution is -0.385. The van der Waals surface area contributed by atoms with Crippen LogP contribution < -0.4 is 4.90 Å². The van der Waals surface area contributed by atoms with Crippen molar-refractivity contribution in [1.29, 1.82) is 0 Å². The van der Waals surface area contributed by atoms with Crippen LogP contribution in [0, 0.1) is 10.1 Å². The number of carboxylic acid groups (broad SMARTS) is 1. The van der Waals surface area contributed by atoms with Gasteiger partial charge >= 0.3 is 12.1 Å². The molecule has 6 nitrogen and oxygen atoms in total. The van der Waals surface area contributed by atoms with E-state index in [4.69, 9.17) is 5.11 Å². The highest BCUT2D eigenvalue weighted by atomic mass is 19.4. The number of hydrogen-bond acceptors (Lipinski definition) is 4. The van der Waals surface area contributed by atoms with Gasteiger partial charge in [0.2, 0.25) is 0 Å². The normalized spacial score (nSPS) is 14.8. The first kappa shape index (κ1) is 15.1. The van der Waals surface area contributed by atoms with Crippen LogP contribution in [0.2, 0.25) is 0 Å². The van der Waals surface area contributed by atoms with Crippen LogP contribution in [0.25, 0.3) is 0 Å². The van der Waals surface area contributed by atoms with Crippen LogP contribution in [0.4, 0.5) is 24.5 Å². The van der Waals surface area contributed by atoms with Crippen molar-refractivity contribution in [3.63, 3.8) is 0 Å². The lowest BCUT2D eigenvalue weighted by atomic mass is 10.1. The van der Waals surface area contributed by atoms with E-state index in [1.54, 1.807) is 0 Å². The summed E-state index contributed by atoms with van der Waals surface area (Å²) in [5.74, 6) is -1.26. The molecule has 1 aromatic carbocycles. The van der Waals surface area contributed by atoms with E-state index in [0.717, 1.165) is 17.0 Å². The van der Waals surface area contributed by atoms with Crippen LogP contribution in [0.1, 0.15) is 18.4 Å². The Morgan fingerprint density at radius 3 is 2.48 bits per heavy atom. The largest absolute Gasteiger partial charge is 0.480 e.